The van der Waals surface area contributed by atoms with Crippen molar-refractivity contribution >= 4 is 35.6 Å². The van der Waals surface area contributed by atoms with E-state index in [1.807, 2.05) is 0 Å². The Hall–Kier alpha value is -2.39. The zero-order valence-electron chi connectivity index (χ0n) is 14.6. The molecule has 0 aromatic heterocycles. The Labute approximate surface area is 162 Å². The minimum absolute atomic E-state index is 0. The summed E-state index contributed by atoms with van der Waals surface area (Å²) in [4.78, 5) is 38.5. The second-order valence-electron chi connectivity index (χ2n) is 7.14. The lowest BCUT2D eigenvalue weighted by Gasteiger charge is -2.30. The van der Waals surface area contributed by atoms with Gasteiger partial charge >= 0.3 is 0 Å². The van der Waals surface area contributed by atoms with Gasteiger partial charge in [0.15, 0.2) is 6.61 Å². The number of nitro groups is 1. The van der Waals surface area contributed by atoms with Crippen molar-refractivity contribution in [2.75, 3.05) is 31.1 Å². The van der Waals surface area contributed by atoms with Crippen molar-refractivity contribution in [3.8, 4) is 5.75 Å². The van der Waals surface area contributed by atoms with E-state index in [0.717, 1.165) is 12.8 Å². The van der Waals surface area contributed by atoms with Crippen LogP contribution in [-0.2, 0) is 9.59 Å². The molecule has 0 radical (unpaired) electrons. The van der Waals surface area contributed by atoms with E-state index in [9.17, 15) is 19.7 Å². The van der Waals surface area contributed by atoms with E-state index in [2.05, 4.69) is 0 Å². The Bertz CT molecular complexity index is 789. The van der Waals surface area contributed by atoms with Gasteiger partial charge < -0.3 is 15.4 Å². The molecular weight excluding hydrogens is 376 g/mol. The molecule has 2 N–H and O–H groups in total. The number of hydrogen-bond acceptors (Lipinski definition) is 6. The number of anilines is 1. The molecule has 9 nitrogen and oxygen atoms in total. The number of carbonyl (C=O) groups is 2. The lowest BCUT2D eigenvalue weighted by atomic mass is 9.98. The fourth-order valence-corrected chi connectivity index (χ4v) is 4.22. The highest BCUT2D eigenvalue weighted by Gasteiger charge is 2.43. The molecule has 3 unspecified atom stereocenters. The average molecular weight is 397 g/mol. The van der Waals surface area contributed by atoms with Crippen LogP contribution in [0.2, 0.25) is 0 Å². The number of likely N-dealkylation sites (tertiary alicyclic amines) is 1. The molecule has 10 heteroatoms. The average Bonchev–Trinajstić information content (AvgIpc) is 3.19. The topological polar surface area (TPSA) is 119 Å². The van der Waals surface area contributed by atoms with Gasteiger partial charge in [0.05, 0.1) is 10.6 Å². The summed E-state index contributed by atoms with van der Waals surface area (Å²) in [6, 6.07) is 4.18. The molecule has 1 aromatic carbocycles. The van der Waals surface area contributed by atoms with E-state index in [-0.39, 0.29) is 54.8 Å². The van der Waals surface area contributed by atoms with Gasteiger partial charge in [0.2, 0.25) is 5.91 Å². The number of amides is 2. The number of carbonyl (C=O) groups excluding carboxylic acids is 2. The molecule has 2 aliphatic heterocycles. The minimum atomic E-state index is -0.539. The van der Waals surface area contributed by atoms with E-state index < -0.39 is 4.92 Å². The molecule has 1 saturated heterocycles. The molecule has 3 aliphatic rings. The largest absolute Gasteiger partial charge is 0.482 e. The van der Waals surface area contributed by atoms with Crippen molar-refractivity contribution in [1.29, 1.82) is 0 Å². The van der Waals surface area contributed by atoms with Gasteiger partial charge in [-0.25, -0.2) is 0 Å². The van der Waals surface area contributed by atoms with Crippen molar-refractivity contribution in [3.63, 3.8) is 0 Å². The molecule has 27 heavy (non-hydrogen) atoms. The zero-order valence-corrected chi connectivity index (χ0v) is 15.4. The van der Waals surface area contributed by atoms with Crippen LogP contribution in [0.25, 0.3) is 0 Å². The van der Waals surface area contributed by atoms with Gasteiger partial charge in [-0.15, -0.1) is 12.4 Å². The molecule has 146 valence electrons. The minimum Gasteiger partial charge on any atom is -0.482 e. The summed E-state index contributed by atoms with van der Waals surface area (Å²) in [6.45, 7) is 0.946. The summed E-state index contributed by atoms with van der Waals surface area (Å²) in [5, 5.41) is 11.0. The Morgan fingerprint density at radius 2 is 2.11 bits per heavy atom. The van der Waals surface area contributed by atoms with E-state index in [1.165, 1.54) is 23.1 Å². The van der Waals surface area contributed by atoms with Gasteiger partial charge in [0, 0.05) is 31.3 Å². The maximum Gasteiger partial charge on any atom is 0.271 e. The van der Waals surface area contributed by atoms with Gasteiger partial charge in [-0.05, 0) is 30.7 Å². The van der Waals surface area contributed by atoms with Crippen LogP contribution in [0.15, 0.2) is 18.2 Å². The first-order chi connectivity index (χ1) is 12.4. The maximum absolute atomic E-state index is 12.7. The highest BCUT2D eigenvalue weighted by atomic mass is 35.5. The van der Waals surface area contributed by atoms with Gasteiger partial charge in [-0.3, -0.25) is 24.6 Å². The van der Waals surface area contributed by atoms with Gasteiger partial charge in [-0.2, -0.15) is 0 Å². The van der Waals surface area contributed by atoms with Gasteiger partial charge in [-0.1, -0.05) is 0 Å². The highest BCUT2D eigenvalue weighted by molar-refractivity contribution is 6.02. The van der Waals surface area contributed by atoms with Crippen LogP contribution < -0.4 is 15.4 Å². The quantitative estimate of drug-likeness (QED) is 0.599. The predicted octanol–water partition coefficient (Wildman–Crippen LogP) is 0.938. The third kappa shape index (κ3) is 3.44. The van der Waals surface area contributed by atoms with Gasteiger partial charge in [0.1, 0.15) is 12.3 Å². The molecule has 3 atom stereocenters. The number of rotatable bonds is 3. The molecule has 0 spiro atoms. The third-order valence-corrected chi connectivity index (χ3v) is 5.65. The van der Waals surface area contributed by atoms with Crippen molar-refractivity contribution in [2.24, 2.45) is 17.6 Å². The zero-order chi connectivity index (χ0) is 18.4. The molecule has 2 heterocycles. The molecule has 1 aliphatic carbocycles. The van der Waals surface area contributed by atoms with E-state index >= 15 is 0 Å². The fourth-order valence-electron chi connectivity index (χ4n) is 4.22. The number of ether oxygens (including phenoxy) is 1. The number of nitrogens with zero attached hydrogens (tertiary/aromatic N) is 3. The second-order valence-corrected chi connectivity index (χ2v) is 7.14. The first-order valence-electron chi connectivity index (χ1n) is 8.69. The fraction of sp³-hybridized carbons (Fsp3) is 0.529. The summed E-state index contributed by atoms with van der Waals surface area (Å²) in [6.07, 6.45) is 2.03. The van der Waals surface area contributed by atoms with Crippen molar-refractivity contribution in [1.82, 2.24) is 4.90 Å². The summed E-state index contributed by atoms with van der Waals surface area (Å²) in [5.74, 6) is 0.570. The Morgan fingerprint density at radius 1 is 1.33 bits per heavy atom. The number of nitrogens with two attached hydrogens (primary N) is 1. The van der Waals surface area contributed by atoms with Crippen LogP contribution >= 0.6 is 12.4 Å². The molecular formula is C17H21ClN4O5. The summed E-state index contributed by atoms with van der Waals surface area (Å²) >= 11 is 0. The van der Waals surface area contributed by atoms with Crippen LogP contribution in [0, 0.1) is 22.0 Å². The molecule has 1 saturated carbocycles. The van der Waals surface area contributed by atoms with Crippen molar-refractivity contribution < 1.29 is 19.2 Å². The van der Waals surface area contributed by atoms with E-state index in [1.54, 1.807) is 4.90 Å². The second kappa shape index (κ2) is 7.32. The Morgan fingerprint density at radius 3 is 2.81 bits per heavy atom. The molecule has 2 fully saturated rings. The number of benzene rings is 1. The smallest absolute Gasteiger partial charge is 0.271 e. The lowest BCUT2D eigenvalue weighted by molar-refractivity contribution is -0.384. The van der Waals surface area contributed by atoms with Crippen molar-refractivity contribution in [2.45, 2.75) is 18.9 Å². The monoisotopic (exact) mass is 396 g/mol. The van der Waals surface area contributed by atoms with Crippen molar-refractivity contribution in [3.05, 3.63) is 28.3 Å². The normalized spacial score (nSPS) is 26.1. The number of fused-ring (bicyclic) bond motifs is 2. The number of non-ortho nitro benzene ring substituents is 1. The number of nitro benzene ring substituents is 1. The maximum atomic E-state index is 12.7. The molecule has 0 bridgehead atoms. The summed E-state index contributed by atoms with van der Waals surface area (Å²) in [7, 11) is 0. The van der Waals surface area contributed by atoms with E-state index in [4.69, 9.17) is 10.5 Å². The SMILES string of the molecule is Cl.NC1CCC2CN(C(=O)CN3C(=O)COc4ccc([N+](=O)[O-])cc43)CC12. The van der Waals surface area contributed by atoms with Crippen LogP contribution in [0.1, 0.15) is 12.8 Å². The first-order valence-corrected chi connectivity index (χ1v) is 8.69. The van der Waals surface area contributed by atoms with E-state index in [0.29, 0.717) is 30.7 Å². The lowest BCUT2D eigenvalue weighted by Crippen LogP contribution is -2.46. The number of hydrogen-bond donors (Lipinski definition) is 1. The first kappa shape index (κ1) is 19.4. The standard InChI is InChI=1S/C17H20N4O5.ClH/c18-13-3-1-10-6-19(7-12(10)13)16(22)8-20-14-5-11(21(24)25)2-4-15(14)26-9-17(20)23;/h2,4-5,10,12-13H,1,3,6-9,18H2;1H. The summed E-state index contributed by atoms with van der Waals surface area (Å²) < 4.78 is 5.33. The van der Waals surface area contributed by atoms with Crippen LogP contribution in [0.3, 0.4) is 0 Å². The van der Waals surface area contributed by atoms with Crippen LogP contribution in [0.4, 0.5) is 11.4 Å². The molecule has 2 amide bonds. The summed E-state index contributed by atoms with van der Waals surface area (Å²) in [5.41, 5.74) is 6.23. The number of halogens is 1. The predicted molar refractivity (Wildman–Crippen MR) is 99.0 cm³/mol. The van der Waals surface area contributed by atoms with Crippen LogP contribution in [0.5, 0.6) is 5.75 Å². The van der Waals surface area contributed by atoms with Crippen LogP contribution in [-0.4, -0.2) is 53.9 Å². The Kier molecular flexibility index (Phi) is 5.25. The highest BCUT2D eigenvalue weighted by Crippen LogP contribution is 2.38. The molecule has 4 rings (SSSR count). The molecule has 1 aromatic rings. The van der Waals surface area contributed by atoms with Gasteiger partial charge in [0.25, 0.3) is 11.6 Å². The third-order valence-electron chi connectivity index (χ3n) is 5.65. The Balaban J connectivity index is 0.00000210.